The number of pyridine rings is 1. The van der Waals surface area contributed by atoms with Crippen LogP contribution >= 0.6 is 0 Å². The predicted molar refractivity (Wildman–Crippen MR) is 88.3 cm³/mol. The van der Waals surface area contributed by atoms with Crippen molar-refractivity contribution < 1.29 is 0 Å². The number of nitrogens with two attached hydrogens (primary N) is 1. The second-order valence-corrected chi connectivity index (χ2v) is 5.75. The standard InChI is InChI=1S/C19H20N2/c1-13(2)14-7-9-15(10-8-14)19(20)18-12-21-11-16-5-3-4-6-17(16)18/h3-13,19H,20H2,1-2H3. The minimum Gasteiger partial charge on any atom is -0.320 e. The maximum atomic E-state index is 6.47. The largest absolute Gasteiger partial charge is 0.320 e. The van der Waals surface area contributed by atoms with Crippen LogP contribution in [0.25, 0.3) is 10.8 Å². The fourth-order valence-electron chi connectivity index (χ4n) is 2.66. The molecule has 0 amide bonds. The van der Waals surface area contributed by atoms with Gasteiger partial charge < -0.3 is 5.73 Å². The summed E-state index contributed by atoms with van der Waals surface area (Å²) in [5.74, 6) is 0.537. The lowest BCUT2D eigenvalue weighted by molar-refractivity contribution is 0.848. The Kier molecular flexibility index (Phi) is 3.72. The Bertz CT molecular complexity index is 740. The molecule has 0 saturated carbocycles. The van der Waals surface area contributed by atoms with Gasteiger partial charge >= 0.3 is 0 Å². The predicted octanol–water partition coefficient (Wildman–Crippen LogP) is 4.41. The van der Waals surface area contributed by atoms with Gasteiger partial charge in [-0.1, -0.05) is 62.4 Å². The van der Waals surface area contributed by atoms with E-state index < -0.39 is 0 Å². The second kappa shape index (κ2) is 5.66. The van der Waals surface area contributed by atoms with E-state index >= 15 is 0 Å². The minimum atomic E-state index is -0.148. The summed E-state index contributed by atoms with van der Waals surface area (Å²) in [6, 6.07) is 16.7. The van der Waals surface area contributed by atoms with Gasteiger partial charge in [0.15, 0.2) is 0 Å². The maximum absolute atomic E-state index is 6.47. The van der Waals surface area contributed by atoms with Crippen molar-refractivity contribution in [2.24, 2.45) is 5.73 Å². The van der Waals surface area contributed by atoms with Gasteiger partial charge in [0.25, 0.3) is 0 Å². The van der Waals surface area contributed by atoms with Crippen molar-refractivity contribution in [3.8, 4) is 0 Å². The van der Waals surface area contributed by atoms with Gasteiger partial charge in [-0.2, -0.15) is 0 Å². The quantitative estimate of drug-likeness (QED) is 0.769. The van der Waals surface area contributed by atoms with Crippen LogP contribution in [0.5, 0.6) is 0 Å². The van der Waals surface area contributed by atoms with Crippen molar-refractivity contribution in [3.05, 3.63) is 77.6 Å². The van der Waals surface area contributed by atoms with Crippen LogP contribution < -0.4 is 5.73 Å². The molecule has 2 heteroatoms. The highest BCUT2D eigenvalue weighted by Crippen LogP contribution is 2.27. The van der Waals surface area contributed by atoms with Crippen LogP contribution in [-0.4, -0.2) is 4.98 Å². The Morgan fingerprint density at radius 2 is 1.52 bits per heavy atom. The molecule has 106 valence electrons. The third-order valence-electron chi connectivity index (χ3n) is 4.00. The van der Waals surface area contributed by atoms with E-state index in [1.54, 1.807) is 0 Å². The molecule has 0 aliphatic heterocycles. The van der Waals surface area contributed by atoms with Crippen LogP contribution in [0, 0.1) is 0 Å². The molecule has 0 aliphatic rings. The van der Waals surface area contributed by atoms with E-state index in [4.69, 9.17) is 5.73 Å². The fraction of sp³-hybridized carbons (Fsp3) is 0.211. The summed E-state index contributed by atoms with van der Waals surface area (Å²) in [5, 5.41) is 2.30. The Morgan fingerprint density at radius 1 is 0.857 bits per heavy atom. The lowest BCUT2D eigenvalue weighted by Gasteiger charge is -2.16. The van der Waals surface area contributed by atoms with Gasteiger partial charge in [0.05, 0.1) is 6.04 Å². The zero-order chi connectivity index (χ0) is 14.8. The average molecular weight is 276 g/mol. The number of fused-ring (bicyclic) bond motifs is 1. The second-order valence-electron chi connectivity index (χ2n) is 5.75. The maximum Gasteiger partial charge on any atom is 0.0573 e. The SMILES string of the molecule is CC(C)c1ccc(C(N)c2cncc3ccccc23)cc1. The molecule has 21 heavy (non-hydrogen) atoms. The summed E-state index contributed by atoms with van der Waals surface area (Å²) in [6.45, 7) is 4.40. The molecule has 0 radical (unpaired) electrons. The van der Waals surface area contributed by atoms with Gasteiger partial charge in [0, 0.05) is 17.8 Å². The highest BCUT2D eigenvalue weighted by atomic mass is 14.7. The lowest BCUT2D eigenvalue weighted by atomic mass is 9.94. The summed E-state index contributed by atoms with van der Waals surface area (Å²) < 4.78 is 0. The van der Waals surface area contributed by atoms with Crippen LogP contribution in [0.3, 0.4) is 0 Å². The van der Waals surface area contributed by atoms with E-state index in [9.17, 15) is 0 Å². The third-order valence-corrected chi connectivity index (χ3v) is 4.00. The molecule has 3 aromatic rings. The molecule has 0 saturated heterocycles. The minimum absolute atomic E-state index is 0.148. The van der Waals surface area contributed by atoms with Crippen LogP contribution in [0.2, 0.25) is 0 Å². The first-order valence-electron chi connectivity index (χ1n) is 7.35. The van der Waals surface area contributed by atoms with E-state index in [1.807, 2.05) is 24.5 Å². The van der Waals surface area contributed by atoms with Crippen LogP contribution in [0.4, 0.5) is 0 Å². The first-order valence-corrected chi connectivity index (χ1v) is 7.35. The fourth-order valence-corrected chi connectivity index (χ4v) is 2.66. The highest BCUT2D eigenvalue weighted by molar-refractivity contribution is 5.85. The Hall–Kier alpha value is -2.19. The van der Waals surface area contributed by atoms with Crippen molar-refractivity contribution in [1.29, 1.82) is 0 Å². The van der Waals surface area contributed by atoms with Crippen molar-refractivity contribution in [1.82, 2.24) is 4.98 Å². The number of benzene rings is 2. The third kappa shape index (κ3) is 2.67. The first kappa shape index (κ1) is 13.8. The van der Waals surface area contributed by atoms with Gasteiger partial charge in [-0.15, -0.1) is 0 Å². The number of rotatable bonds is 3. The molecular weight excluding hydrogens is 256 g/mol. The zero-order valence-corrected chi connectivity index (χ0v) is 12.5. The summed E-state index contributed by atoms with van der Waals surface area (Å²) in [5.41, 5.74) is 10.0. The molecule has 3 rings (SSSR count). The summed E-state index contributed by atoms with van der Waals surface area (Å²) in [7, 11) is 0. The van der Waals surface area contributed by atoms with Crippen LogP contribution in [0.15, 0.2) is 60.9 Å². The number of aromatic nitrogens is 1. The highest BCUT2D eigenvalue weighted by Gasteiger charge is 2.12. The average Bonchev–Trinajstić information content (AvgIpc) is 2.53. The van der Waals surface area contributed by atoms with Gasteiger partial charge in [0.2, 0.25) is 0 Å². The number of hydrogen-bond acceptors (Lipinski definition) is 2. The molecule has 2 N–H and O–H groups in total. The van der Waals surface area contributed by atoms with Crippen molar-refractivity contribution in [2.45, 2.75) is 25.8 Å². The molecule has 2 aromatic carbocycles. The van der Waals surface area contributed by atoms with Crippen molar-refractivity contribution >= 4 is 10.8 Å². The molecule has 0 fully saturated rings. The Morgan fingerprint density at radius 3 is 2.24 bits per heavy atom. The van der Waals surface area contributed by atoms with E-state index in [0.717, 1.165) is 16.5 Å². The molecule has 0 aliphatic carbocycles. The molecule has 2 nitrogen and oxygen atoms in total. The van der Waals surface area contributed by atoms with E-state index in [-0.39, 0.29) is 6.04 Å². The summed E-state index contributed by atoms with van der Waals surface area (Å²) in [4.78, 5) is 4.33. The topological polar surface area (TPSA) is 38.9 Å². The molecule has 1 unspecified atom stereocenters. The van der Waals surface area contributed by atoms with Gasteiger partial charge in [-0.25, -0.2) is 0 Å². The lowest BCUT2D eigenvalue weighted by Crippen LogP contribution is -2.12. The summed E-state index contributed by atoms with van der Waals surface area (Å²) in [6.07, 6.45) is 3.76. The number of nitrogens with zero attached hydrogens (tertiary/aromatic N) is 1. The van der Waals surface area contributed by atoms with E-state index in [2.05, 4.69) is 55.2 Å². The van der Waals surface area contributed by atoms with Crippen LogP contribution in [-0.2, 0) is 0 Å². The van der Waals surface area contributed by atoms with E-state index in [1.165, 1.54) is 10.9 Å². The van der Waals surface area contributed by atoms with Crippen molar-refractivity contribution in [2.75, 3.05) is 0 Å². The van der Waals surface area contributed by atoms with Gasteiger partial charge in [-0.3, -0.25) is 4.98 Å². The van der Waals surface area contributed by atoms with E-state index in [0.29, 0.717) is 5.92 Å². The Balaban J connectivity index is 2.02. The molecule has 1 aromatic heterocycles. The first-order chi connectivity index (χ1) is 10.2. The molecule has 1 heterocycles. The van der Waals surface area contributed by atoms with Gasteiger partial charge in [-0.05, 0) is 28.0 Å². The monoisotopic (exact) mass is 276 g/mol. The molecule has 0 bridgehead atoms. The van der Waals surface area contributed by atoms with Gasteiger partial charge in [0.1, 0.15) is 0 Å². The smallest absolute Gasteiger partial charge is 0.0573 e. The zero-order valence-electron chi connectivity index (χ0n) is 12.5. The van der Waals surface area contributed by atoms with Crippen molar-refractivity contribution in [3.63, 3.8) is 0 Å². The molecular formula is C19H20N2. The summed E-state index contributed by atoms with van der Waals surface area (Å²) >= 11 is 0. The molecule has 1 atom stereocenters. The van der Waals surface area contributed by atoms with Crippen LogP contribution in [0.1, 0.15) is 42.5 Å². The Labute approximate surface area is 125 Å². The number of hydrogen-bond donors (Lipinski definition) is 1. The normalized spacial score (nSPS) is 12.8. The molecule has 0 spiro atoms.